The minimum absolute atomic E-state index is 0. The van der Waals surface area contributed by atoms with E-state index in [-0.39, 0.29) is 19.5 Å². The van der Waals surface area contributed by atoms with Crippen molar-refractivity contribution in [3.05, 3.63) is 49.7 Å². The van der Waals surface area contributed by atoms with Crippen molar-refractivity contribution in [1.29, 1.82) is 0 Å². The Balaban J connectivity index is 0. The fourth-order valence-electron chi connectivity index (χ4n) is 0.866. The predicted molar refractivity (Wildman–Crippen MR) is 57.1 cm³/mol. The molecule has 1 nitrogen and oxygen atoms in total. The summed E-state index contributed by atoms with van der Waals surface area (Å²) in [5.74, 6) is 0. The summed E-state index contributed by atoms with van der Waals surface area (Å²) in [5, 5.41) is 0. The maximum absolute atomic E-state index is 5.31. The molecule has 0 N–H and O–H groups in total. The third kappa shape index (κ3) is 8.40. The Kier molecular flexibility index (Phi) is 14.9. The molecule has 0 unspecified atom stereocenters. The third-order valence-corrected chi connectivity index (χ3v) is 1.40. The summed E-state index contributed by atoms with van der Waals surface area (Å²) in [5.41, 5.74) is 1.22. The van der Waals surface area contributed by atoms with Crippen LogP contribution < -0.4 is 0 Å². The summed E-state index contributed by atoms with van der Waals surface area (Å²) in [6, 6.07) is 10.2. The molecule has 74 valence electrons. The minimum atomic E-state index is 0. The van der Waals surface area contributed by atoms with Crippen molar-refractivity contribution in [3.63, 3.8) is 0 Å². The van der Waals surface area contributed by atoms with Gasteiger partial charge < -0.3 is 18.6 Å². The van der Waals surface area contributed by atoms with E-state index in [1.807, 2.05) is 18.2 Å². The second kappa shape index (κ2) is 12.8. The van der Waals surface area contributed by atoms with E-state index >= 15 is 0 Å². The van der Waals surface area contributed by atoms with Gasteiger partial charge in [0.1, 0.15) is 0 Å². The normalized spacial score (nSPS) is 8.21. The molecule has 1 aromatic carbocycles. The van der Waals surface area contributed by atoms with Gasteiger partial charge in [-0.05, 0) is 5.56 Å². The van der Waals surface area contributed by atoms with Crippen LogP contribution in [-0.2, 0) is 30.8 Å². The van der Waals surface area contributed by atoms with Crippen molar-refractivity contribution in [2.75, 3.05) is 6.61 Å². The second-order valence-electron chi connectivity index (χ2n) is 2.39. The van der Waals surface area contributed by atoms with Crippen molar-refractivity contribution >= 4 is 0 Å². The van der Waals surface area contributed by atoms with Crippen molar-refractivity contribution in [2.45, 2.75) is 20.0 Å². The molecule has 0 radical (unpaired) electrons. The van der Waals surface area contributed by atoms with Gasteiger partial charge >= 0.3 is 19.5 Å². The smallest absolute Gasteiger partial charge is 0.379 e. The molecule has 0 aliphatic carbocycles. The zero-order valence-corrected chi connectivity index (χ0v) is 12.0. The molecule has 0 bridgehead atoms. The molecule has 1 rings (SSSR count). The summed E-state index contributed by atoms with van der Waals surface area (Å²) in [4.78, 5) is 0. The van der Waals surface area contributed by atoms with Crippen LogP contribution in [0.25, 0.3) is 0 Å². The van der Waals surface area contributed by atoms with Crippen LogP contribution >= 0.6 is 0 Å². The molecule has 0 aromatic heterocycles. The molecular weight excluding hydrogens is 226 g/mol. The molecule has 0 amide bonds. The molecule has 0 aliphatic rings. The van der Waals surface area contributed by atoms with Crippen LogP contribution in [0.15, 0.2) is 30.3 Å². The topological polar surface area (TPSA) is 9.23 Å². The van der Waals surface area contributed by atoms with Gasteiger partial charge in [-0.25, -0.2) is 0 Å². The Morgan fingerprint density at radius 2 is 1.71 bits per heavy atom. The molecule has 0 saturated heterocycles. The minimum Gasteiger partial charge on any atom is -0.379 e. The van der Waals surface area contributed by atoms with Crippen molar-refractivity contribution in [1.82, 2.24) is 0 Å². The van der Waals surface area contributed by atoms with E-state index in [0.717, 1.165) is 13.0 Å². The standard InChI is InChI=1S/C10H13O.C2H5.Zn/c1-2-8-11-9-10-6-4-3-5-7-10;1-2;/h3-7H,1-2,8-9H2;1H2,2H3;/q2*-1;+2. The van der Waals surface area contributed by atoms with Crippen molar-refractivity contribution < 1.29 is 24.2 Å². The van der Waals surface area contributed by atoms with Gasteiger partial charge in [-0.15, -0.1) is 0 Å². The molecular formula is C12H18OZn. The quantitative estimate of drug-likeness (QED) is 0.448. The van der Waals surface area contributed by atoms with Crippen LogP contribution in [0.2, 0.25) is 0 Å². The van der Waals surface area contributed by atoms with Crippen LogP contribution in [0.4, 0.5) is 0 Å². The van der Waals surface area contributed by atoms with Crippen LogP contribution in [0.1, 0.15) is 18.9 Å². The molecule has 0 fully saturated rings. The fourth-order valence-corrected chi connectivity index (χ4v) is 0.866. The Morgan fingerprint density at radius 3 is 2.21 bits per heavy atom. The first kappa shape index (κ1) is 16.2. The third-order valence-electron chi connectivity index (χ3n) is 1.40. The summed E-state index contributed by atoms with van der Waals surface area (Å²) in [6.07, 6.45) is 0.840. The maximum atomic E-state index is 5.31. The van der Waals surface area contributed by atoms with Crippen LogP contribution in [-0.4, -0.2) is 6.61 Å². The van der Waals surface area contributed by atoms with Crippen molar-refractivity contribution in [2.24, 2.45) is 0 Å². The largest absolute Gasteiger partial charge is 2.00 e. The number of hydrogen-bond donors (Lipinski definition) is 0. The first-order valence-electron chi connectivity index (χ1n) is 4.55. The Morgan fingerprint density at radius 1 is 1.14 bits per heavy atom. The van der Waals surface area contributed by atoms with Gasteiger partial charge in [0.2, 0.25) is 0 Å². The summed E-state index contributed by atoms with van der Waals surface area (Å²) >= 11 is 0. The SMILES string of the molecule is [CH2-]C.[CH2-]CCOCc1ccccc1.[Zn+2]. The van der Waals surface area contributed by atoms with E-state index in [9.17, 15) is 0 Å². The van der Waals surface area contributed by atoms with E-state index < -0.39 is 0 Å². The van der Waals surface area contributed by atoms with Gasteiger partial charge in [0, 0.05) is 6.61 Å². The van der Waals surface area contributed by atoms with Gasteiger partial charge in [0.25, 0.3) is 0 Å². The molecule has 0 atom stereocenters. The van der Waals surface area contributed by atoms with Gasteiger partial charge in [0.15, 0.2) is 0 Å². The Labute approximate surface area is 101 Å². The molecule has 14 heavy (non-hydrogen) atoms. The Hall–Kier alpha value is -0.197. The van der Waals surface area contributed by atoms with E-state index in [1.54, 1.807) is 6.92 Å². The zero-order chi connectivity index (χ0) is 9.94. The Bertz CT molecular complexity index is 187. The molecule has 0 aliphatic heterocycles. The average Bonchev–Trinajstić information content (AvgIpc) is 2.23. The molecule has 0 spiro atoms. The van der Waals surface area contributed by atoms with Crippen LogP contribution in [0.5, 0.6) is 0 Å². The summed E-state index contributed by atoms with van der Waals surface area (Å²) in [6.45, 7) is 10.1. The maximum Gasteiger partial charge on any atom is 2.00 e. The first-order valence-corrected chi connectivity index (χ1v) is 4.55. The van der Waals surface area contributed by atoms with E-state index in [2.05, 4.69) is 26.0 Å². The van der Waals surface area contributed by atoms with Gasteiger partial charge in [-0.2, -0.15) is 13.3 Å². The van der Waals surface area contributed by atoms with Gasteiger partial charge in [-0.3, -0.25) is 0 Å². The molecule has 0 saturated carbocycles. The zero-order valence-electron chi connectivity index (χ0n) is 9.04. The van der Waals surface area contributed by atoms with E-state index in [4.69, 9.17) is 4.74 Å². The van der Waals surface area contributed by atoms with E-state index in [0.29, 0.717) is 6.61 Å². The average molecular weight is 244 g/mol. The van der Waals surface area contributed by atoms with Gasteiger partial charge in [0.05, 0.1) is 6.61 Å². The monoisotopic (exact) mass is 242 g/mol. The van der Waals surface area contributed by atoms with Crippen LogP contribution in [0, 0.1) is 13.8 Å². The predicted octanol–water partition coefficient (Wildman–Crippen LogP) is 3.27. The first-order chi connectivity index (χ1) is 6.43. The number of benzene rings is 1. The summed E-state index contributed by atoms with van der Waals surface area (Å²) < 4.78 is 5.31. The summed E-state index contributed by atoms with van der Waals surface area (Å²) in [7, 11) is 0. The molecule has 1 aromatic rings. The number of hydrogen-bond acceptors (Lipinski definition) is 1. The van der Waals surface area contributed by atoms with Crippen molar-refractivity contribution in [3.8, 4) is 0 Å². The molecule has 0 heterocycles. The number of rotatable bonds is 4. The second-order valence-corrected chi connectivity index (χ2v) is 2.39. The van der Waals surface area contributed by atoms with Gasteiger partial charge in [-0.1, -0.05) is 30.3 Å². The molecule has 2 heteroatoms. The fraction of sp³-hybridized carbons (Fsp3) is 0.333. The number of ether oxygens (including phenoxy) is 1. The van der Waals surface area contributed by atoms with E-state index in [1.165, 1.54) is 5.56 Å². The van der Waals surface area contributed by atoms with Crippen LogP contribution in [0.3, 0.4) is 0 Å².